The van der Waals surface area contributed by atoms with Gasteiger partial charge in [0.2, 0.25) is 5.91 Å². The van der Waals surface area contributed by atoms with Crippen molar-refractivity contribution >= 4 is 44.4 Å². The van der Waals surface area contributed by atoms with Crippen LogP contribution in [0.5, 0.6) is 5.75 Å². The predicted molar refractivity (Wildman–Crippen MR) is 120 cm³/mol. The third-order valence-corrected chi connectivity index (χ3v) is 6.38. The highest BCUT2D eigenvalue weighted by molar-refractivity contribution is 7.99. The zero-order valence-electron chi connectivity index (χ0n) is 16.8. The number of para-hydroxylation sites is 1. The van der Waals surface area contributed by atoms with E-state index >= 15 is 0 Å². The Morgan fingerprint density at radius 2 is 2.07 bits per heavy atom. The monoisotopic (exact) mass is 439 g/mol. The smallest absolute Gasteiger partial charge is 0.236 e. The van der Waals surface area contributed by atoms with Gasteiger partial charge in [0.1, 0.15) is 5.75 Å². The molecule has 0 aliphatic carbocycles. The van der Waals surface area contributed by atoms with E-state index in [1.165, 1.54) is 23.1 Å². The highest BCUT2D eigenvalue weighted by atomic mass is 32.2. The zero-order valence-corrected chi connectivity index (χ0v) is 18.5. The van der Waals surface area contributed by atoms with Gasteiger partial charge in [-0.2, -0.15) is 0 Å². The van der Waals surface area contributed by atoms with Crippen LogP contribution in [0.25, 0.3) is 10.2 Å². The van der Waals surface area contributed by atoms with Gasteiger partial charge < -0.3 is 14.6 Å². The van der Waals surface area contributed by atoms with Gasteiger partial charge in [0, 0.05) is 7.05 Å². The maximum absolute atomic E-state index is 12.3. The molecule has 0 spiro atoms. The van der Waals surface area contributed by atoms with Crippen LogP contribution in [-0.4, -0.2) is 31.4 Å². The summed E-state index contributed by atoms with van der Waals surface area (Å²) in [5.41, 5.74) is 2.01. The van der Waals surface area contributed by atoms with Crippen molar-refractivity contribution in [3.63, 3.8) is 0 Å². The molecule has 1 atom stereocenters. The van der Waals surface area contributed by atoms with E-state index in [1.54, 1.807) is 0 Å². The summed E-state index contributed by atoms with van der Waals surface area (Å²) in [5.74, 6) is 1.57. The Kier molecular flexibility index (Phi) is 6.01. The number of thiazole rings is 1. The van der Waals surface area contributed by atoms with Crippen LogP contribution in [-0.2, 0) is 11.8 Å². The highest BCUT2D eigenvalue weighted by Crippen LogP contribution is 2.27. The van der Waals surface area contributed by atoms with Crippen molar-refractivity contribution < 1.29 is 9.53 Å². The van der Waals surface area contributed by atoms with E-state index < -0.39 is 0 Å². The summed E-state index contributed by atoms with van der Waals surface area (Å²) in [5, 5.41) is 12.6. The molecule has 9 heteroatoms. The molecule has 1 amide bonds. The van der Waals surface area contributed by atoms with Crippen LogP contribution in [0.1, 0.15) is 24.4 Å². The molecule has 30 heavy (non-hydrogen) atoms. The Morgan fingerprint density at radius 1 is 1.23 bits per heavy atom. The van der Waals surface area contributed by atoms with Gasteiger partial charge in [-0.25, -0.2) is 4.98 Å². The lowest BCUT2D eigenvalue weighted by Gasteiger charge is -2.14. The Hall–Kier alpha value is -2.91. The van der Waals surface area contributed by atoms with Crippen molar-refractivity contribution in [1.29, 1.82) is 0 Å². The van der Waals surface area contributed by atoms with Gasteiger partial charge in [-0.05, 0) is 43.7 Å². The minimum Gasteiger partial charge on any atom is -0.483 e. The average Bonchev–Trinajstić information content (AvgIpc) is 3.29. The van der Waals surface area contributed by atoms with E-state index in [1.807, 2.05) is 74.0 Å². The van der Waals surface area contributed by atoms with E-state index in [0.717, 1.165) is 21.5 Å². The van der Waals surface area contributed by atoms with Gasteiger partial charge in [0.05, 0.1) is 16.0 Å². The Balaban J connectivity index is 1.35. The number of amides is 1. The summed E-state index contributed by atoms with van der Waals surface area (Å²) in [4.78, 5) is 16.8. The van der Waals surface area contributed by atoms with Gasteiger partial charge in [0.15, 0.2) is 22.2 Å². The van der Waals surface area contributed by atoms with Crippen LogP contribution in [0.3, 0.4) is 0 Å². The SMILES string of the molecule is Cc1cccc(OC(C)c2nnc(SCC(=O)Nc3nc4ccccc4s3)n2C)c1. The lowest BCUT2D eigenvalue weighted by Crippen LogP contribution is -2.14. The van der Waals surface area contributed by atoms with E-state index in [4.69, 9.17) is 4.74 Å². The second-order valence-electron chi connectivity index (χ2n) is 6.80. The van der Waals surface area contributed by atoms with E-state index in [9.17, 15) is 4.79 Å². The van der Waals surface area contributed by atoms with Crippen molar-refractivity contribution in [3.05, 3.63) is 59.9 Å². The van der Waals surface area contributed by atoms with E-state index in [-0.39, 0.29) is 17.8 Å². The summed E-state index contributed by atoms with van der Waals surface area (Å²) >= 11 is 2.79. The first-order valence-corrected chi connectivity index (χ1v) is 11.2. The van der Waals surface area contributed by atoms with Crippen molar-refractivity contribution in [2.24, 2.45) is 7.05 Å². The Morgan fingerprint density at radius 3 is 2.87 bits per heavy atom. The number of thioether (sulfide) groups is 1. The predicted octanol–water partition coefficient (Wildman–Crippen LogP) is 4.60. The summed E-state index contributed by atoms with van der Waals surface area (Å²) in [7, 11) is 1.87. The molecule has 2 aromatic carbocycles. The molecule has 154 valence electrons. The van der Waals surface area contributed by atoms with Crippen LogP contribution in [0.4, 0.5) is 5.13 Å². The number of ether oxygens (including phenoxy) is 1. The number of anilines is 1. The maximum Gasteiger partial charge on any atom is 0.236 e. The summed E-state index contributed by atoms with van der Waals surface area (Å²) in [6.45, 7) is 3.95. The number of carbonyl (C=O) groups excluding carboxylic acids is 1. The van der Waals surface area contributed by atoms with Crippen molar-refractivity contribution in [2.45, 2.75) is 25.1 Å². The van der Waals surface area contributed by atoms with E-state index in [2.05, 4.69) is 20.5 Å². The molecule has 0 aliphatic rings. The first-order chi connectivity index (χ1) is 14.5. The molecule has 0 aliphatic heterocycles. The number of aryl methyl sites for hydroxylation is 1. The fourth-order valence-electron chi connectivity index (χ4n) is 2.96. The van der Waals surface area contributed by atoms with Gasteiger partial charge in [-0.1, -0.05) is 47.4 Å². The number of nitrogens with zero attached hydrogens (tertiary/aromatic N) is 4. The largest absolute Gasteiger partial charge is 0.483 e. The average molecular weight is 440 g/mol. The molecule has 0 fully saturated rings. The molecule has 2 heterocycles. The minimum absolute atomic E-state index is 0.132. The highest BCUT2D eigenvalue weighted by Gasteiger charge is 2.18. The second kappa shape index (κ2) is 8.85. The molecule has 1 N–H and O–H groups in total. The van der Waals surface area contributed by atoms with Crippen LogP contribution in [0, 0.1) is 6.92 Å². The number of hydrogen-bond acceptors (Lipinski definition) is 7. The van der Waals surface area contributed by atoms with Crippen LogP contribution < -0.4 is 10.1 Å². The summed E-state index contributed by atoms with van der Waals surface area (Å²) in [6.07, 6.45) is -0.268. The Labute approximate surface area is 182 Å². The molecule has 4 aromatic rings. The van der Waals surface area contributed by atoms with Crippen molar-refractivity contribution in [2.75, 3.05) is 11.1 Å². The summed E-state index contributed by atoms with van der Waals surface area (Å²) in [6, 6.07) is 15.7. The topological polar surface area (TPSA) is 81.9 Å². The van der Waals surface area contributed by atoms with E-state index in [0.29, 0.717) is 16.1 Å². The number of fused-ring (bicyclic) bond motifs is 1. The lowest BCUT2D eigenvalue weighted by molar-refractivity contribution is -0.113. The third kappa shape index (κ3) is 4.63. The second-order valence-corrected chi connectivity index (χ2v) is 8.77. The molecule has 0 saturated heterocycles. The summed E-state index contributed by atoms with van der Waals surface area (Å²) < 4.78 is 8.89. The van der Waals surface area contributed by atoms with Gasteiger partial charge >= 0.3 is 0 Å². The molecule has 4 rings (SSSR count). The van der Waals surface area contributed by atoms with Gasteiger partial charge in [0.25, 0.3) is 0 Å². The molecular weight excluding hydrogens is 418 g/mol. The number of benzene rings is 2. The van der Waals surface area contributed by atoms with Gasteiger partial charge in [-0.3, -0.25) is 4.79 Å². The molecule has 1 unspecified atom stereocenters. The minimum atomic E-state index is -0.268. The molecule has 0 saturated carbocycles. The number of hydrogen-bond donors (Lipinski definition) is 1. The fraction of sp³-hybridized carbons (Fsp3) is 0.238. The molecule has 7 nitrogen and oxygen atoms in total. The van der Waals surface area contributed by atoms with Gasteiger partial charge in [-0.15, -0.1) is 10.2 Å². The third-order valence-electron chi connectivity index (χ3n) is 4.41. The quantitative estimate of drug-likeness (QED) is 0.424. The van der Waals surface area contributed by atoms with Crippen molar-refractivity contribution in [3.8, 4) is 5.75 Å². The fourth-order valence-corrected chi connectivity index (χ4v) is 4.56. The van der Waals surface area contributed by atoms with Crippen LogP contribution >= 0.6 is 23.1 Å². The maximum atomic E-state index is 12.3. The molecule has 0 bridgehead atoms. The standard InChI is InChI=1S/C21H21N5O2S2/c1-13-7-6-8-15(11-13)28-14(2)19-24-25-21(26(19)3)29-12-18(27)23-20-22-16-9-4-5-10-17(16)30-20/h4-11,14H,12H2,1-3H3,(H,22,23,27). The lowest BCUT2D eigenvalue weighted by atomic mass is 10.2. The number of rotatable bonds is 7. The Bertz CT molecular complexity index is 1150. The van der Waals surface area contributed by atoms with Crippen LogP contribution in [0.15, 0.2) is 53.7 Å². The molecule has 2 aromatic heterocycles. The first kappa shape index (κ1) is 20.4. The normalized spacial score (nSPS) is 12.1. The first-order valence-electron chi connectivity index (χ1n) is 9.40. The number of nitrogens with one attached hydrogen (secondary N) is 1. The van der Waals surface area contributed by atoms with Crippen molar-refractivity contribution in [1.82, 2.24) is 19.7 Å². The number of aromatic nitrogens is 4. The molecular formula is C21H21N5O2S2. The molecule has 0 radical (unpaired) electrons. The van der Waals surface area contributed by atoms with Crippen LogP contribution in [0.2, 0.25) is 0 Å². The zero-order chi connectivity index (χ0) is 21.1. The number of carbonyl (C=O) groups is 1.